The lowest BCUT2D eigenvalue weighted by atomic mass is 9.91. The number of rotatable bonds is 2. The molecule has 1 aromatic carbocycles. The predicted molar refractivity (Wildman–Crippen MR) is 89.0 cm³/mol. The van der Waals surface area contributed by atoms with E-state index in [-0.39, 0.29) is 24.2 Å². The number of anilines is 1. The van der Waals surface area contributed by atoms with Crippen LogP contribution in [0.15, 0.2) is 22.7 Å². The van der Waals surface area contributed by atoms with E-state index in [1.807, 2.05) is 17.0 Å². The number of hydrogen-bond donors (Lipinski definition) is 1. The van der Waals surface area contributed by atoms with E-state index in [0.29, 0.717) is 13.2 Å². The van der Waals surface area contributed by atoms with Gasteiger partial charge >= 0.3 is 0 Å². The molecule has 0 aliphatic carbocycles. The van der Waals surface area contributed by atoms with Crippen LogP contribution in [0.3, 0.4) is 0 Å². The Bertz CT molecular complexity index is 520. The molecule has 0 bridgehead atoms. The third kappa shape index (κ3) is 3.42. The zero-order valence-electron chi connectivity index (χ0n) is 11.8. The molecule has 3 rings (SSSR count). The Morgan fingerprint density at radius 2 is 2.10 bits per heavy atom. The van der Waals surface area contributed by atoms with E-state index in [9.17, 15) is 4.79 Å². The first-order chi connectivity index (χ1) is 9.66. The second-order valence-corrected chi connectivity index (χ2v) is 6.40. The molecule has 1 saturated heterocycles. The summed E-state index contributed by atoms with van der Waals surface area (Å²) in [6.07, 6.45) is 2.67. The summed E-state index contributed by atoms with van der Waals surface area (Å²) in [6, 6.07) is 5.69. The van der Waals surface area contributed by atoms with Crippen LogP contribution in [0, 0.1) is 5.92 Å². The van der Waals surface area contributed by atoms with Crippen LogP contribution in [0.1, 0.15) is 18.4 Å². The maximum atomic E-state index is 12.7. The lowest BCUT2D eigenvalue weighted by Gasteiger charge is -2.30. The molecule has 2 N–H and O–H groups in total. The maximum absolute atomic E-state index is 12.7. The Labute approximate surface area is 139 Å². The van der Waals surface area contributed by atoms with Crippen molar-refractivity contribution in [2.45, 2.75) is 25.3 Å². The number of benzene rings is 1. The summed E-state index contributed by atoms with van der Waals surface area (Å²) in [4.78, 5) is 14.5. The molecule has 0 aromatic heterocycles. The number of nitrogens with zero attached hydrogens (tertiary/aromatic N) is 1. The minimum atomic E-state index is -0.413. The smallest absolute Gasteiger partial charge is 0.244 e. The minimum Gasteiger partial charge on any atom is -0.381 e. The average molecular weight is 376 g/mol. The maximum Gasteiger partial charge on any atom is 0.244 e. The van der Waals surface area contributed by atoms with Crippen molar-refractivity contribution in [3.8, 4) is 0 Å². The van der Waals surface area contributed by atoms with E-state index in [2.05, 4.69) is 22.0 Å². The van der Waals surface area contributed by atoms with Crippen LogP contribution in [0.25, 0.3) is 0 Å². The average Bonchev–Trinajstić information content (AvgIpc) is 2.89. The largest absolute Gasteiger partial charge is 0.381 e. The molecular formula is C15H20BrClN2O2. The fraction of sp³-hybridized carbons (Fsp3) is 0.533. The third-order valence-electron chi connectivity index (χ3n) is 4.27. The van der Waals surface area contributed by atoms with Crippen LogP contribution < -0.4 is 10.6 Å². The third-order valence-corrected chi connectivity index (χ3v) is 4.76. The van der Waals surface area contributed by atoms with E-state index in [1.165, 1.54) is 5.56 Å². The molecule has 1 unspecified atom stereocenters. The number of nitrogens with two attached hydrogens (primary N) is 1. The Kier molecular flexibility index (Phi) is 5.66. The zero-order chi connectivity index (χ0) is 14.1. The van der Waals surface area contributed by atoms with Crippen molar-refractivity contribution in [1.29, 1.82) is 0 Å². The van der Waals surface area contributed by atoms with Crippen LogP contribution >= 0.6 is 28.3 Å². The van der Waals surface area contributed by atoms with Gasteiger partial charge in [-0.15, -0.1) is 12.4 Å². The molecule has 1 aromatic rings. The van der Waals surface area contributed by atoms with E-state index in [4.69, 9.17) is 10.5 Å². The molecule has 0 radical (unpaired) electrons. The number of carbonyl (C=O) groups is 1. The van der Waals surface area contributed by atoms with Crippen LogP contribution in [0.4, 0.5) is 5.69 Å². The molecule has 1 atom stereocenters. The molecule has 2 aliphatic rings. The normalized spacial score (nSPS) is 19.8. The van der Waals surface area contributed by atoms with Gasteiger partial charge in [0, 0.05) is 29.9 Å². The van der Waals surface area contributed by atoms with Crippen LogP contribution in [0.5, 0.6) is 0 Å². The van der Waals surface area contributed by atoms with Gasteiger partial charge < -0.3 is 15.4 Å². The highest BCUT2D eigenvalue weighted by molar-refractivity contribution is 9.10. The van der Waals surface area contributed by atoms with Crippen molar-refractivity contribution in [3.05, 3.63) is 28.2 Å². The summed E-state index contributed by atoms with van der Waals surface area (Å²) >= 11 is 3.47. The molecule has 21 heavy (non-hydrogen) atoms. The van der Waals surface area contributed by atoms with Crippen molar-refractivity contribution < 1.29 is 9.53 Å². The number of carbonyl (C=O) groups excluding carboxylic acids is 1. The Morgan fingerprint density at radius 3 is 2.81 bits per heavy atom. The number of fused-ring (bicyclic) bond motifs is 1. The monoisotopic (exact) mass is 374 g/mol. The lowest BCUT2D eigenvalue weighted by molar-refractivity contribution is -0.121. The molecule has 6 heteroatoms. The first-order valence-electron chi connectivity index (χ1n) is 7.10. The van der Waals surface area contributed by atoms with Crippen molar-refractivity contribution >= 4 is 39.9 Å². The summed E-state index contributed by atoms with van der Waals surface area (Å²) < 4.78 is 6.34. The molecule has 4 nitrogen and oxygen atoms in total. The van der Waals surface area contributed by atoms with Crippen molar-refractivity contribution in [3.63, 3.8) is 0 Å². The van der Waals surface area contributed by atoms with Crippen molar-refractivity contribution in [1.82, 2.24) is 0 Å². The fourth-order valence-corrected chi connectivity index (χ4v) is 3.39. The number of ether oxygens (including phenoxy) is 1. The van der Waals surface area contributed by atoms with Crippen LogP contribution in [0.2, 0.25) is 0 Å². The van der Waals surface area contributed by atoms with Gasteiger partial charge in [0.05, 0.1) is 6.04 Å². The van der Waals surface area contributed by atoms with Gasteiger partial charge in [0.2, 0.25) is 5.91 Å². The molecule has 1 amide bonds. The van der Waals surface area contributed by atoms with Gasteiger partial charge in [0.15, 0.2) is 0 Å². The van der Waals surface area contributed by atoms with Crippen molar-refractivity contribution in [2.75, 3.05) is 24.7 Å². The van der Waals surface area contributed by atoms with Crippen LogP contribution in [-0.2, 0) is 16.0 Å². The SMILES string of the molecule is Cl.NC(C(=O)N1CCc2ccc(Br)cc21)C1CCOCC1. The van der Waals surface area contributed by atoms with E-state index in [1.54, 1.807) is 0 Å². The number of amides is 1. The summed E-state index contributed by atoms with van der Waals surface area (Å²) in [5.41, 5.74) is 8.44. The van der Waals surface area contributed by atoms with Gasteiger partial charge in [-0.3, -0.25) is 4.79 Å². The molecule has 0 saturated carbocycles. The zero-order valence-corrected chi connectivity index (χ0v) is 14.2. The van der Waals surface area contributed by atoms with Gasteiger partial charge in [-0.05, 0) is 42.9 Å². The second-order valence-electron chi connectivity index (χ2n) is 5.49. The van der Waals surface area contributed by atoms with E-state index in [0.717, 1.165) is 36.0 Å². The summed E-state index contributed by atoms with van der Waals surface area (Å²) in [6.45, 7) is 2.17. The molecular weight excluding hydrogens is 356 g/mol. The van der Waals surface area contributed by atoms with Crippen molar-refractivity contribution in [2.24, 2.45) is 11.7 Å². The van der Waals surface area contributed by atoms with Gasteiger partial charge in [0.1, 0.15) is 0 Å². The topological polar surface area (TPSA) is 55.6 Å². The quantitative estimate of drug-likeness (QED) is 0.864. The molecule has 1 fully saturated rings. The van der Waals surface area contributed by atoms with E-state index < -0.39 is 6.04 Å². The van der Waals surface area contributed by atoms with Gasteiger partial charge in [-0.25, -0.2) is 0 Å². The van der Waals surface area contributed by atoms with Gasteiger partial charge in [-0.1, -0.05) is 22.0 Å². The van der Waals surface area contributed by atoms with Gasteiger partial charge in [0.25, 0.3) is 0 Å². The molecule has 2 heterocycles. The Hall–Kier alpha value is -0.620. The highest BCUT2D eigenvalue weighted by atomic mass is 79.9. The Morgan fingerprint density at radius 1 is 1.38 bits per heavy atom. The summed E-state index contributed by atoms with van der Waals surface area (Å²) in [5, 5.41) is 0. The van der Waals surface area contributed by atoms with Crippen LogP contribution in [-0.4, -0.2) is 31.7 Å². The molecule has 2 aliphatic heterocycles. The van der Waals surface area contributed by atoms with Gasteiger partial charge in [-0.2, -0.15) is 0 Å². The fourth-order valence-electron chi connectivity index (χ4n) is 3.04. The number of hydrogen-bond acceptors (Lipinski definition) is 3. The minimum absolute atomic E-state index is 0. The highest BCUT2D eigenvalue weighted by Gasteiger charge is 2.33. The predicted octanol–water partition coefficient (Wildman–Crippen LogP) is 2.51. The highest BCUT2D eigenvalue weighted by Crippen LogP contribution is 2.32. The molecule has 0 spiro atoms. The lowest BCUT2D eigenvalue weighted by Crippen LogP contribution is -2.48. The first kappa shape index (κ1) is 16.7. The second kappa shape index (κ2) is 7.09. The van der Waals surface area contributed by atoms with E-state index >= 15 is 0 Å². The summed E-state index contributed by atoms with van der Waals surface area (Å²) in [5.74, 6) is 0.293. The molecule has 116 valence electrons. The Balaban J connectivity index is 0.00000161. The summed E-state index contributed by atoms with van der Waals surface area (Å²) in [7, 11) is 0. The first-order valence-corrected chi connectivity index (χ1v) is 7.89. The standard InChI is InChI=1S/C15H19BrN2O2.ClH/c16-12-2-1-10-3-6-18(13(10)9-12)15(19)14(17)11-4-7-20-8-5-11;/h1-2,9,11,14H,3-8,17H2;1H. The number of halogens is 2.